The summed E-state index contributed by atoms with van der Waals surface area (Å²) in [6.07, 6.45) is -8.54. The molecule has 0 saturated carbocycles. The van der Waals surface area contributed by atoms with E-state index in [1.807, 2.05) is 35.8 Å². The minimum absolute atomic E-state index is 0.0382. The highest BCUT2D eigenvalue weighted by atomic mass is 19.4. The van der Waals surface area contributed by atoms with Crippen LogP contribution in [0.15, 0.2) is 91.0 Å². The molecule has 0 amide bonds. The summed E-state index contributed by atoms with van der Waals surface area (Å²) in [7, 11) is 0. The van der Waals surface area contributed by atoms with Crippen LogP contribution in [0, 0.1) is 24.4 Å². The van der Waals surface area contributed by atoms with Gasteiger partial charge in [-0.25, -0.2) is 23.1 Å². The van der Waals surface area contributed by atoms with Crippen molar-refractivity contribution in [1.29, 1.82) is 0 Å². The molecule has 0 radical (unpaired) electrons. The lowest BCUT2D eigenvalue weighted by Gasteiger charge is -2.12. The van der Waals surface area contributed by atoms with E-state index in [1.54, 1.807) is 13.0 Å². The molecule has 12 nitrogen and oxygen atoms in total. The first kappa shape index (κ1) is 40.7. The van der Waals surface area contributed by atoms with Crippen LogP contribution in [-0.4, -0.2) is 39.0 Å². The van der Waals surface area contributed by atoms with Crippen molar-refractivity contribution >= 4 is 57.0 Å². The van der Waals surface area contributed by atoms with Crippen LogP contribution in [-0.2, 0) is 18.8 Å². The van der Waals surface area contributed by atoms with Gasteiger partial charge in [-0.1, -0.05) is 19.1 Å². The van der Waals surface area contributed by atoms with E-state index in [-0.39, 0.29) is 46.1 Å². The van der Waals surface area contributed by atoms with Gasteiger partial charge < -0.3 is 22.1 Å². The highest BCUT2D eigenvalue weighted by Crippen LogP contribution is 2.34. The lowest BCUT2D eigenvalue weighted by Crippen LogP contribution is -2.09. The minimum Gasteiger partial charge on any atom is -0.383 e. The Kier molecular flexibility index (Phi) is 10.7. The maximum Gasteiger partial charge on any atom is 0.419 e. The Morgan fingerprint density at radius 1 is 0.567 bits per heavy atom. The molecule has 0 spiro atoms. The third-order valence-electron chi connectivity index (χ3n) is 8.73. The third-order valence-corrected chi connectivity index (χ3v) is 8.73. The number of aryl methyl sites for hydroxylation is 2. The Balaban J connectivity index is 0.000000182. The molecule has 0 unspecified atom stereocenters. The molecule has 4 aromatic carbocycles. The monoisotopic (exact) mass is 836 g/mol. The molecule has 60 heavy (non-hydrogen) atoms. The second-order valence-electron chi connectivity index (χ2n) is 12.9. The zero-order chi connectivity index (χ0) is 43.1. The predicted octanol–water partition coefficient (Wildman–Crippen LogP) is 9.61. The predicted molar refractivity (Wildman–Crippen MR) is 206 cm³/mol. The Morgan fingerprint density at radius 2 is 1.15 bits per heavy atom. The largest absolute Gasteiger partial charge is 0.419 e. The summed E-state index contributed by atoms with van der Waals surface area (Å²) in [6.45, 7) is 3.57. The normalized spacial score (nSPS) is 11.8. The van der Waals surface area contributed by atoms with Crippen molar-refractivity contribution in [1.82, 2.24) is 39.0 Å². The summed E-state index contributed by atoms with van der Waals surface area (Å²) in [5.41, 5.74) is 12.1. The summed E-state index contributed by atoms with van der Waals surface area (Å²) in [5, 5.41) is 5.49. The number of hydrogen-bond acceptors (Lipinski definition) is 10. The van der Waals surface area contributed by atoms with Crippen LogP contribution < -0.4 is 22.1 Å². The highest BCUT2D eigenvalue weighted by Gasteiger charge is 2.34. The topological polar surface area (TPSA) is 163 Å². The van der Waals surface area contributed by atoms with Crippen molar-refractivity contribution in [3.05, 3.63) is 131 Å². The summed E-state index contributed by atoms with van der Waals surface area (Å²) < 4.78 is 121. The molecule has 21 heteroatoms. The van der Waals surface area contributed by atoms with Crippen LogP contribution in [0.5, 0.6) is 0 Å². The van der Waals surface area contributed by atoms with Gasteiger partial charge in [0.2, 0.25) is 11.9 Å². The number of halogens is 9. The molecule has 6 N–H and O–H groups in total. The quantitative estimate of drug-likeness (QED) is 0.114. The van der Waals surface area contributed by atoms with Crippen molar-refractivity contribution < 1.29 is 39.5 Å². The van der Waals surface area contributed by atoms with Crippen molar-refractivity contribution in [3.63, 3.8) is 0 Å². The first-order valence-electron chi connectivity index (χ1n) is 17.6. The van der Waals surface area contributed by atoms with Gasteiger partial charge in [-0.05, 0) is 61.5 Å². The highest BCUT2D eigenvalue weighted by molar-refractivity contribution is 5.79. The zero-order valence-corrected chi connectivity index (χ0v) is 31.0. The number of nitrogens with one attached hydrogen (secondary N) is 2. The van der Waals surface area contributed by atoms with Crippen molar-refractivity contribution in [2.45, 2.75) is 32.6 Å². The molecule has 0 saturated heterocycles. The molecule has 0 atom stereocenters. The Labute approximate surface area is 332 Å². The van der Waals surface area contributed by atoms with Crippen LogP contribution in [0.25, 0.3) is 33.7 Å². The molecule has 0 bridgehead atoms. The molecular weight excluding hydrogens is 807 g/mol. The fourth-order valence-electron chi connectivity index (χ4n) is 6.12. The van der Waals surface area contributed by atoms with Gasteiger partial charge in [-0.2, -0.15) is 46.3 Å². The van der Waals surface area contributed by atoms with E-state index in [2.05, 4.69) is 40.5 Å². The van der Waals surface area contributed by atoms with E-state index < -0.39 is 40.9 Å². The number of anilines is 6. The van der Waals surface area contributed by atoms with Gasteiger partial charge in [-0.15, -0.1) is 0 Å². The van der Waals surface area contributed by atoms with Crippen LogP contribution in [0.1, 0.15) is 29.7 Å². The number of hydrogen-bond donors (Lipinski definition) is 4. The van der Waals surface area contributed by atoms with Gasteiger partial charge in [-0.3, -0.25) is 9.13 Å². The second kappa shape index (κ2) is 15.7. The molecule has 0 aliphatic rings. The van der Waals surface area contributed by atoms with Crippen molar-refractivity contribution in [2.24, 2.45) is 0 Å². The summed E-state index contributed by atoms with van der Waals surface area (Å²) in [4.78, 5) is 25.5. The number of nitrogen functional groups attached to an aromatic ring is 2. The number of benzene rings is 4. The Morgan fingerprint density at radius 3 is 1.75 bits per heavy atom. The van der Waals surface area contributed by atoms with Gasteiger partial charge in [0.05, 0.1) is 33.2 Å². The van der Waals surface area contributed by atoms with E-state index in [9.17, 15) is 39.5 Å². The first-order chi connectivity index (χ1) is 28.4. The Hall–Kier alpha value is -7.45. The van der Waals surface area contributed by atoms with Crippen LogP contribution >= 0.6 is 0 Å². The lowest BCUT2D eigenvalue weighted by atomic mass is 10.2. The van der Waals surface area contributed by atoms with E-state index in [0.717, 1.165) is 47.2 Å². The number of fused-ring (bicyclic) bond motifs is 2. The number of nitrogens with two attached hydrogens (primary N) is 2. The van der Waals surface area contributed by atoms with Gasteiger partial charge in [0.15, 0.2) is 11.6 Å². The summed E-state index contributed by atoms with van der Waals surface area (Å²) in [5.74, 6) is -1.61. The van der Waals surface area contributed by atoms with Gasteiger partial charge in [0.25, 0.3) is 0 Å². The van der Waals surface area contributed by atoms with Crippen LogP contribution in [0.4, 0.5) is 74.4 Å². The maximum atomic E-state index is 13.8. The third kappa shape index (κ3) is 8.54. The van der Waals surface area contributed by atoms with Crippen molar-refractivity contribution in [3.8, 4) is 11.6 Å². The zero-order valence-electron chi connectivity index (χ0n) is 31.0. The molecule has 8 aromatic rings. The second-order valence-corrected chi connectivity index (χ2v) is 12.9. The smallest absolute Gasteiger partial charge is 0.383 e. The number of aromatic nitrogens is 8. The summed E-state index contributed by atoms with van der Waals surface area (Å²) in [6, 6.07) is 19.4. The van der Waals surface area contributed by atoms with E-state index >= 15 is 0 Å². The van der Waals surface area contributed by atoms with Crippen LogP contribution in [0.3, 0.4) is 0 Å². The first-order valence-corrected chi connectivity index (χ1v) is 17.6. The maximum absolute atomic E-state index is 13.8. The number of alkyl halides is 6. The molecule has 308 valence electrons. The fraction of sp³-hybridized carbons (Fsp3) is 0.128. The lowest BCUT2D eigenvalue weighted by molar-refractivity contribution is -0.140. The SMILES string of the molecule is CCc1nc2ccccc2n1-c1cc(N)nc(Nc2ccc(C(F)(F)F)cc2)n1.Cc1nc2cc(F)c(F)cc2n1-c1cc(N)nc(Nc2ccc(C(F)(F)F)c(F)c2)n1. The molecule has 0 fully saturated rings. The van der Waals surface area contributed by atoms with E-state index in [4.69, 9.17) is 11.5 Å². The average molecular weight is 837 g/mol. The van der Waals surface area contributed by atoms with E-state index in [0.29, 0.717) is 35.9 Å². The minimum atomic E-state index is -4.84. The number of para-hydroxylation sites is 2. The number of rotatable bonds is 7. The molecule has 8 rings (SSSR count). The molecule has 0 aliphatic heterocycles. The standard InChI is InChI=1S/C20H17F3N6.C19H12F6N6/c1-2-17-26-14-5-3-4-6-15(14)29(17)18-11-16(24)27-19(28-18)25-13-9-7-12(8-10-13)20(21,22)23;1-8-27-14-5-12(21)13(22)6-15(14)31(8)17-7-16(26)29-18(30-17)28-9-2-3-10(11(20)4-9)19(23,24)25/h3-11H,2H2,1H3,(H3,24,25,27,28);2-7H,1H3,(H3,26,28,29,30). The molecule has 4 heterocycles. The average Bonchev–Trinajstić information content (AvgIpc) is 3.70. The molecular formula is C39H29F9N12. The van der Waals surface area contributed by atoms with Gasteiger partial charge in [0, 0.05) is 42.1 Å². The van der Waals surface area contributed by atoms with Gasteiger partial charge in [0.1, 0.15) is 40.7 Å². The van der Waals surface area contributed by atoms with Gasteiger partial charge >= 0.3 is 12.4 Å². The number of nitrogens with zero attached hydrogens (tertiary/aromatic N) is 8. The van der Waals surface area contributed by atoms with Crippen LogP contribution in [0.2, 0.25) is 0 Å². The van der Waals surface area contributed by atoms with E-state index in [1.165, 1.54) is 22.8 Å². The molecule has 0 aliphatic carbocycles. The molecule has 4 aromatic heterocycles. The van der Waals surface area contributed by atoms with Crippen molar-refractivity contribution in [2.75, 3.05) is 22.1 Å². The number of imidazole rings is 2. The fourth-order valence-corrected chi connectivity index (χ4v) is 6.12. The summed E-state index contributed by atoms with van der Waals surface area (Å²) >= 11 is 0. The Bertz CT molecular complexity index is 2870.